The summed E-state index contributed by atoms with van der Waals surface area (Å²) in [7, 11) is 3.76. The van der Waals surface area contributed by atoms with E-state index in [-0.39, 0.29) is 29.1 Å². The Bertz CT molecular complexity index is 1980. The molecule has 0 amide bonds. The maximum Gasteiger partial charge on any atom is 0.418 e. The fraction of sp³-hybridized carbons (Fsp3) is 0.571. The van der Waals surface area contributed by atoms with Gasteiger partial charge in [0.25, 0.3) is 0 Å². The first-order valence-corrected chi connectivity index (χ1v) is 19.9. The van der Waals surface area contributed by atoms with Gasteiger partial charge in [0, 0.05) is 68.0 Å². The normalized spacial score (nSPS) is 22.3. The lowest BCUT2D eigenvalue weighted by molar-refractivity contribution is -0.143. The van der Waals surface area contributed by atoms with Crippen molar-refractivity contribution < 1.29 is 32.2 Å². The van der Waals surface area contributed by atoms with Crippen LogP contribution in [-0.2, 0) is 20.4 Å². The Hall–Kier alpha value is -4.23. The summed E-state index contributed by atoms with van der Waals surface area (Å²) < 4.78 is 60.2. The van der Waals surface area contributed by atoms with Crippen LogP contribution < -0.4 is 9.64 Å². The van der Waals surface area contributed by atoms with E-state index >= 15 is 0 Å². The van der Waals surface area contributed by atoms with Crippen LogP contribution in [-0.4, -0.2) is 89.5 Å². The van der Waals surface area contributed by atoms with Crippen molar-refractivity contribution in [2.75, 3.05) is 45.4 Å². The van der Waals surface area contributed by atoms with E-state index in [0.717, 1.165) is 99.8 Å². The number of benzene rings is 1. The molecule has 2 aliphatic heterocycles. The molecule has 10 nitrogen and oxygen atoms in total. The molecular weight excluding hydrogens is 709 g/mol. The highest BCUT2D eigenvalue weighted by Crippen LogP contribution is 2.46. The Morgan fingerprint density at radius 2 is 1.75 bits per heavy atom. The van der Waals surface area contributed by atoms with Gasteiger partial charge < -0.3 is 24.1 Å². The van der Waals surface area contributed by atoms with Crippen LogP contribution in [0.2, 0.25) is 0 Å². The monoisotopic (exact) mass is 760 g/mol. The Kier molecular flexibility index (Phi) is 10.5. The van der Waals surface area contributed by atoms with Crippen molar-refractivity contribution in [1.29, 1.82) is 0 Å². The number of pyridine rings is 2. The molecular formula is C42H51F3N6O4. The summed E-state index contributed by atoms with van der Waals surface area (Å²) in [6.07, 6.45) is 7.41. The van der Waals surface area contributed by atoms with Crippen molar-refractivity contribution in [2.45, 2.75) is 108 Å². The molecule has 2 saturated heterocycles. The highest BCUT2D eigenvalue weighted by atomic mass is 19.4. The van der Waals surface area contributed by atoms with Gasteiger partial charge in [0.05, 0.1) is 42.3 Å². The van der Waals surface area contributed by atoms with Gasteiger partial charge in [0.15, 0.2) is 5.65 Å². The Morgan fingerprint density at radius 1 is 1.02 bits per heavy atom. The number of aromatic nitrogens is 4. The summed E-state index contributed by atoms with van der Waals surface area (Å²) in [6.45, 7) is 4.33. The number of aromatic amines is 1. The first-order valence-electron chi connectivity index (χ1n) is 19.9. The number of alkyl halides is 3. The quantitative estimate of drug-likeness (QED) is 0.127. The largest absolute Gasteiger partial charge is 0.490 e. The van der Waals surface area contributed by atoms with Crippen LogP contribution in [0.15, 0.2) is 42.6 Å². The zero-order valence-electron chi connectivity index (χ0n) is 32.0. The molecule has 2 saturated carbocycles. The predicted octanol–water partition coefficient (Wildman–Crippen LogP) is 8.55. The smallest absolute Gasteiger partial charge is 0.418 e. The third-order valence-corrected chi connectivity index (χ3v) is 12.2. The molecule has 0 spiro atoms. The van der Waals surface area contributed by atoms with Gasteiger partial charge in [-0.3, -0.25) is 14.7 Å². The van der Waals surface area contributed by atoms with E-state index in [4.69, 9.17) is 24.2 Å². The average Bonchev–Trinajstić information content (AvgIpc) is 3.67. The number of fused-ring (bicyclic) bond motifs is 3. The van der Waals surface area contributed by atoms with Crippen molar-refractivity contribution in [2.24, 2.45) is 5.41 Å². The molecule has 0 unspecified atom stereocenters. The molecule has 4 fully saturated rings. The summed E-state index contributed by atoms with van der Waals surface area (Å²) in [5.41, 5.74) is 2.91. The fourth-order valence-corrected chi connectivity index (χ4v) is 9.47. The van der Waals surface area contributed by atoms with Gasteiger partial charge in [0.2, 0.25) is 0 Å². The molecule has 4 aliphatic rings. The van der Waals surface area contributed by atoms with Gasteiger partial charge in [0.1, 0.15) is 23.2 Å². The SMILES string of the molecule is CCOC(=O)CCN1[C@@H]2CC[C@H]1C[C@H](Oc1ccc(-c3nc4nc(-c5cnc(C6CC6)c(C(F)(F)F)c5)cc(N(C)CC5(COC)CCCC5)c4[nH]3)cc1)C2. The number of hydrogen-bond acceptors (Lipinski definition) is 9. The zero-order valence-corrected chi connectivity index (χ0v) is 32.0. The summed E-state index contributed by atoms with van der Waals surface area (Å²) in [4.78, 5) is 34.2. The molecule has 1 N–H and O–H groups in total. The van der Waals surface area contributed by atoms with Crippen molar-refractivity contribution >= 4 is 22.8 Å². The summed E-state index contributed by atoms with van der Waals surface area (Å²) in [6, 6.07) is 11.7. The van der Waals surface area contributed by atoms with E-state index < -0.39 is 11.7 Å². The Morgan fingerprint density at radius 3 is 2.40 bits per heavy atom. The fourth-order valence-electron chi connectivity index (χ4n) is 9.47. The number of imidazole rings is 1. The summed E-state index contributed by atoms with van der Waals surface area (Å²) >= 11 is 0. The van der Waals surface area contributed by atoms with Gasteiger partial charge >= 0.3 is 12.1 Å². The number of hydrogen-bond donors (Lipinski definition) is 1. The van der Waals surface area contributed by atoms with Gasteiger partial charge in [-0.05, 0) is 94.7 Å². The molecule has 2 bridgehead atoms. The van der Waals surface area contributed by atoms with Crippen LogP contribution in [0.1, 0.15) is 94.7 Å². The van der Waals surface area contributed by atoms with E-state index in [1.54, 1.807) is 7.11 Å². The first-order chi connectivity index (χ1) is 26.5. The molecule has 13 heteroatoms. The minimum absolute atomic E-state index is 0.0202. The number of rotatable bonds is 14. The molecule has 8 rings (SSSR count). The Labute approximate surface area is 320 Å². The number of nitrogens with one attached hydrogen (secondary N) is 1. The molecule has 2 aliphatic carbocycles. The lowest BCUT2D eigenvalue weighted by atomic mass is 9.86. The van der Waals surface area contributed by atoms with Crippen LogP contribution in [0, 0.1) is 5.41 Å². The second kappa shape index (κ2) is 15.4. The number of ether oxygens (including phenoxy) is 3. The maximum atomic E-state index is 14.3. The van der Waals surface area contributed by atoms with Gasteiger partial charge in [-0.2, -0.15) is 13.2 Å². The standard InChI is InChI=1S/C42H51F3N6O4/c1-4-54-36(52)15-18-51-29-11-12-30(51)21-32(20-29)55-31-13-9-27(10-14-31)39-48-38-35(50(2)24-41(25-53-3)16-5-6-17-41)22-34(47-40(38)49-39)28-19-33(42(43,44)45)37(46-23-28)26-7-8-26/h9-10,13-14,19,22-23,26,29-30,32H,4-8,11-12,15-18,20-21,24-25H2,1-3H3,(H,47,48,49)/t29-,30+,32-. The number of halogens is 3. The minimum atomic E-state index is -4.52. The third kappa shape index (κ3) is 8.05. The number of methoxy groups -OCH3 is 1. The van der Waals surface area contributed by atoms with Gasteiger partial charge in [-0.15, -0.1) is 0 Å². The number of carbonyl (C=O) groups excluding carboxylic acids is 1. The number of H-pyrrole nitrogens is 1. The number of nitrogens with zero attached hydrogens (tertiary/aromatic N) is 5. The molecule has 0 radical (unpaired) electrons. The van der Waals surface area contributed by atoms with E-state index in [2.05, 4.69) is 19.8 Å². The molecule has 294 valence electrons. The molecule has 55 heavy (non-hydrogen) atoms. The number of carbonyl (C=O) groups is 1. The van der Waals surface area contributed by atoms with Crippen molar-refractivity contribution in [3.05, 3.63) is 53.9 Å². The van der Waals surface area contributed by atoms with Crippen LogP contribution in [0.4, 0.5) is 18.9 Å². The molecule has 1 aromatic carbocycles. The topological polar surface area (TPSA) is 106 Å². The molecule has 5 heterocycles. The summed E-state index contributed by atoms with van der Waals surface area (Å²) in [5, 5.41) is 0. The number of anilines is 1. The number of piperidine rings is 1. The predicted molar refractivity (Wildman–Crippen MR) is 204 cm³/mol. The van der Waals surface area contributed by atoms with Crippen molar-refractivity contribution in [3.63, 3.8) is 0 Å². The average molecular weight is 761 g/mol. The van der Waals surface area contributed by atoms with Crippen LogP contribution >= 0.6 is 0 Å². The second-order valence-corrected chi connectivity index (χ2v) is 16.1. The molecule has 4 aromatic rings. The lowest BCUT2D eigenvalue weighted by Gasteiger charge is -2.38. The van der Waals surface area contributed by atoms with E-state index in [1.165, 1.54) is 12.3 Å². The molecule has 3 atom stereocenters. The van der Waals surface area contributed by atoms with Gasteiger partial charge in [-0.25, -0.2) is 9.97 Å². The van der Waals surface area contributed by atoms with Crippen molar-refractivity contribution in [3.8, 4) is 28.4 Å². The van der Waals surface area contributed by atoms with E-state index in [0.29, 0.717) is 54.4 Å². The first kappa shape index (κ1) is 37.7. The highest BCUT2D eigenvalue weighted by Gasteiger charge is 2.42. The minimum Gasteiger partial charge on any atom is -0.490 e. The number of esters is 1. The van der Waals surface area contributed by atoms with E-state index in [9.17, 15) is 18.0 Å². The maximum absolute atomic E-state index is 14.3. The highest BCUT2D eigenvalue weighted by molar-refractivity contribution is 5.91. The molecule has 3 aromatic heterocycles. The van der Waals surface area contributed by atoms with Crippen molar-refractivity contribution in [1.82, 2.24) is 24.8 Å². The van der Waals surface area contributed by atoms with Crippen LogP contribution in [0.5, 0.6) is 5.75 Å². The van der Waals surface area contributed by atoms with E-state index in [1.807, 2.05) is 44.3 Å². The summed E-state index contributed by atoms with van der Waals surface area (Å²) in [5.74, 6) is 1.11. The van der Waals surface area contributed by atoms with Crippen LogP contribution in [0.3, 0.4) is 0 Å². The third-order valence-electron chi connectivity index (χ3n) is 12.2. The zero-order chi connectivity index (χ0) is 38.3. The van der Waals surface area contributed by atoms with Crippen LogP contribution in [0.25, 0.3) is 33.8 Å². The van der Waals surface area contributed by atoms with Gasteiger partial charge in [-0.1, -0.05) is 12.8 Å². The second-order valence-electron chi connectivity index (χ2n) is 16.1. The lowest BCUT2D eigenvalue weighted by Crippen LogP contribution is -2.47. The Balaban J connectivity index is 1.05.